The average molecular weight is 395 g/mol. The molecular formula is C22H34O6. The molecule has 0 aliphatic carbocycles. The first-order chi connectivity index (χ1) is 12.7. The van der Waals surface area contributed by atoms with Gasteiger partial charge in [-0.25, -0.2) is 4.79 Å². The fourth-order valence-corrected chi connectivity index (χ4v) is 2.94. The highest BCUT2D eigenvalue weighted by molar-refractivity contribution is 5.89. The van der Waals surface area contributed by atoms with Crippen molar-refractivity contribution in [2.45, 2.75) is 61.0 Å². The first-order valence-electron chi connectivity index (χ1n) is 9.47. The third-order valence-electron chi connectivity index (χ3n) is 4.91. The number of esters is 2. The molecule has 0 fully saturated rings. The predicted molar refractivity (Wildman–Crippen MR) is 107 cm³/mol. The van der Waals surface area contributed by atoms with Gasteiger partial charge in [-0.05, 0) is 48.4 Å². The van der Waals surface area contributed by atoms with Crippen molar-refractivity contribution < 1.29 is 29.3 Å². The van der Waals surface area contributed by atoms with Gasteiger partial charge in [0.2, 0.25) is 0 Å². The third-order valence-corrected chi connectivity index (χ3v) is 4.91. The van der Waals surface area contributed by atoms with E-state index in [2.05, 4.69) is 20.8 Å². The number of benzene rings is 1. The number of carbonyl (C=O) groups is 2. The molecule has 2 atom stereocenters. The average Bonchev–Trinajstić information content (AvgIpc) is 2.55. The Bertz CT molecular complexity index is 666. The number of aliphatic hydroxyl groups is 1. The van der Waals surface area contributed by atoms with Crippen LogP contribution in [0.4, 0.5) is 0 Å². The Morgan fingerprint density at radius 3 is 1.89 bits per heavy atom. The maximum absolute atomic E-state index is 12.8. The summed E-state index contributed by atoms with van der Waals surface area (Å²) in [6, 6.07) is 5.59. The van der Waals surface area contributed by atoms with Gasteiger partial charge in [-0.2, -0.15) is 0 Å². The van der Waals surface area contributed by atoms with Gasteiger partial charge in [0.05, 0.1) is 11.0 Å². The van der Waals surface area contributed by atoms with Gasteiger partial charge in [-0.15, -0.1) is 0 Å². The van der Waals surface area contributed by atoms with Gasteiger partial charge in [-0.1, -0.05) is 41.5 Å². The number of phenols is 1. The van der Waals surface area contributed by atoms with E-state index in [9.17, 15) is 19.8 Å². The Balaban J connectivity index is 2.62. The van der Waals surface area contributed by atoms with E-state index in [0.29, 0.717) is 6.42 Å². The molecule has 28 heavy (non-hydrogen) atoms. The van der Waals surface area contributed by atoms with Crippen LogP contribution in [0.2, 0.25) is 0 Å². The Labute approximate surface area is 167 Å². The monoisotopic (exact) mass is 394 g/mol. The van der Waals surface area contributed by atoms with E-state index in [4.69, 9.17) is 9.47 Å². The molecule has 0 aliphatic heterocycles. The zero-order valence-corrected chi connectivity index (χ0v) is 18.0. The molecule has 0 heterocycles. The SMILES string of the molecule is CC(C)(C)CC(C)(C(=O)OCC(O)COC(=O)c1ccc(O)cc1)C(C)(C)C. The van der Waals surface area contributed by atoms with Crippen molar-refractivity contribution in [1.29, 1.82) is 0 Å². The van der Waals surface area contributed by atoms with E-state index < -0.39 is 17.5 Å². The molecule has 1 aromatic rings. The minimum Gasteiger partial charge on any atom is -0.508 e. The lowest BCUT2D eigenvalue weighted by Crippen LogP contribution is -2.45. The number of aromatic hydroxyl groups is 1. The number of ether oxygens (including phenoxy) is 2. The quantitative estimate of drug-likeness (QED) is 0.681. The number of rotatable bonds is 7. The molecule has 1 rings (SSSR count). The first kappa shape index (κ1) is 24.0. The van der Waals surface area contributed by atoms with Crippen LogP contribution in [0.3, 0.4) is 0 Å². The molecule has 2 unspecified atom stereocenters. The molecule has 1 aromatic carbocycles. The Morgan fingerprint density at radius 1 is 0.929 bits per heavy atom. The minimum atomic E-state index is -1.12. The summed E-state index contributed by atoms with van der Waals surface area (Å²) in [4.78, 5) is 24.7. The van der Waals surface area contributed by atoms with Crippen LogP contribution in [0, 0.1) is 16.2 Å². The normalized spacial score (nSPS) is 15.4. The fourth-order valence-electron chi connectivity index (χ4n) is 2.94. The van der Waals surface area contributed by atoms with Gasteiger partial charge in [0, 0.05) is 0 Å². The summed E-state index contributed by atoms with van der Waals surface area (Å²) in [5.74, 6) is -0.961. The van der Waals surface area contributed by atoms with E-state index in [0.717, 1.165) is 0 Å². The molecular weight excluding hydrogens is 360 g/mol. The molecule has 0 spiro atoms. The van der Waals surface area contributed by atoms with Gasteiger partial charge >= 0.3 is 11.9 Å². The van der Waals surface area contributed by atoms with Gasteiger partial charge in [0.15, 0.2) is 0 Å². The predicted octanol–water partition coefficient (Wildman–Crippen LogP) is 3.94. The largest absolute Gasteiger partial charge is 0.508 e. The summed E-state index contributed by atoms with van der Waals surface area (Å²) < 4.78 is 10.4. The van der Waals surface area contributed by atoms with Crippen molar-refractivity contribution in [3.63, 3.8) is 0 Å². The lowest BCUT2D eigenvalue weighted by Gasteiger charge is -2.43. The molecule has 0 saturated heterocycles. The molecule has 158 valence electrons. The second kappa shape index (κ2) is 8.95. The van der Waals surface area contributed by atoms with Crippen LogP contribution < -0.4 is 0 Å². The first-order valence-corrected chi connectivity index (χ1v) is 9.47. The van der Waals surface area contributed by atoms with Gasteiger partial charge < -0.3 is 19.7 Å². The number of carbonyl (C=O) groups excluding carboxylic acids is 2. The topological polar surface area (TPSA) is 93.1 Å². The van der Waals surface area contributed by atoms with Gasteiger partial charge in [-0.3, -0.25) is 4.79 Å². The van der Waals surface area contributed by atoms with E-state index in [-0.39, 0.29) is 41.3 Å². The standard InChI is InChI=1S/C22H34O6/c1-20(2,3)14-22(7,21(4,5)6)19(26)28-13-17(24)12-27-18(25)15-8-10-16(23)11-9-15/h8-11,17,23-24H,12-14H2,1-7H3. The number of hydrogen-bond acceptors (Lipinski definition) is 6. The highest BCUT2D eigenvalue weighted by Crippen LogP contribution is 2.47. The molecule has 0 aliphatic rings. The second-order valence-corrected chi connectivity index (χ2v) is 9.72. The van der Waals surface area contributed by atoms with Crippen LogP contribution in [-0.2, 0) is 14.3 Å². The highest BCUT2D eigenvalue weighted by atomic mass is 16.6. The van der Waals surface area contributed by atoms with Crippen molar-refractivity contribution in [2.75, 3.05) is 13.2 Å². The molecule has 0 amide bonds. The van der Waals surface area contributed by atoms with E-state index in [1.54, 1.807) is 0 Å². The van der Waals surface area contributed by atoms with Crippen LogP contribution in [0.25, 0.3) is 0 Å². The van der Waals surface area contributed by atoms with Crippen molar-refractivity contribution in [3.8, 4) is 5.75 Å². The summed E-state index contributed by atoms with van der Waals surface area (Å²) in [5.41, 5.74) is -0.867. The van der Waals surface area contributed by atoms with Crippen LogP contribution in [-0.4, -0.2) is 41.5 Å². The summed E-state index contributed by atoms with van der Waals surface area (Å²) in [6.07, 6.45) is -0.488. The number of phenolic OH excluding ortho intramolecular Hbond substituents is 1. The van der Waals surface area contributed by atoms with Gasteiger partial charge in [0.1, 0.15) is 25.1 Å². The van der Waals surface area contributed by atoms with Crippen molar-refractivity contribution >= 4 is 11.9 Å². The third kappa shape index (κ3) is 6.82. The molecule has 0 bridgehead atoms. The Kier molecular flexibility index (Phi) is 7.66. The van der Waals surface area contributed by atoms with Crippen LogP contribution in [0.15, 0.2) is 24.3 Å². The number of hydrogen-bond donors (Lipinski definition) is 2. The van der Waals surface area contributed by atoms with E-state index in [1.807, 2.05) is 27.7 Å². The maximum atomic E-state index is 12.8. The van der Waals surface area contributed by atoms with Crippen molar-refractivity contribution in [3.05, 3.63) is 29.8 Å². The molecule has 0 saturated carbocycles. The minimum absolute atomic E-state index is 0.0423. The highest BCUT2D eigenvalue weighted by Gasteiger charge is 2.47. The van der Waals surface area contributed by atoms with Crippen LogP contribution in [0.5, 0.6) is 5.75 Å². The molecule has 0 aromatic heterocycles. The van der Waals surface area contributed by atoms with E-state index in [1.165, 1.54) is 24.3 Å². The zero-order chi connectivity index (χ0) is 21.8. The zero-order valence-electron chi connectivity index (χ0n) is 18.0. The summed E-state index contributed by atoms with van der Waals surface area (Å²) in [7, 11) is 0. The molecule has 6 nitrogen and oxygen atoms in total. The lowest BCUT2D eigenvalue weighted by molar-refractivity contribution is -0.168. The molecule has 0 radical (unpaired) electrons. The van der Waals surface area contributed by atoms with Crippen LogP contribution in [0.1, 0.15) is 65.2 Å². The maximum Gasteiger partial charge on any atom is 0.338 e. The lowest BCUT2D eigenvalue weighted by atomic mass is 9.61. The Morgan fingerprint density at radius 2 is 1.43 bits per heavy atom. The fraction of sp³-hybridized carbons (Fsp3) is 0.636. The van der Waals surface area contributed by atoms with Crippen LogP contribution >= 0.6 is 0 Å². The molecule has 2 N–H and O–H groups in total. The summed E-state index contributed by atoms with van der Waals surface area (Å²) in [5, 5.41) is 19.3. The summed E-state index contributed by atoms with van der Waals surface area (Å²) in [6.45, 7) is 13.5. The summed E-state index contributed by atoms with van der Waals surface area (Å²) >= 11 is 0. The van der Waals surface area contributed by atoms with Crippen molar-refractivity contribution in [1.82, 2.24) is 0 Å². The second-order valence-electron chi connectivity index (χ2n) is 9.72. The smallest absolute Gasteiger partial charge is 0.338 e. The van der Waals surface area contributed by atoms with Crippen molar-refractivity contribution in [2.24, 2.45) is 16.2 Å². The van der Waals surface area contributed by atoms with E-state index >= 15 is 0 Å². The molecule has 6 heteroatoms. The Hall–Kier alpha value is -2.08. The number of aliphatic hydroxyl groups excluding tert-OH is 1. The van der Waals surface area contributed by atoms with Gasteiger partial charge in [0.25, 0.3) is 0 Å².